The van der Waals surface area contributed by atoms with Gasteiger partial charge in [-0.05, 0) is 36.8 Å². The topological polar surface area (TPSA) is 64.3 Å². The molecule has 0 spiro atoms. The van der Waals surface area contributed by atoms with Crippen LogP contribution >= 0.6 is 0 Å². The number of carbonyl (C=O) groups is 1. The van der Waals surface area contributed by atoms with E-state index in [9.17, 15) is 14.3 Å². The molecule has 0 saturated carbocycles. The van der Waals surface area contributed by atoms with Crippen LogP contribution in [0, 0.1) is 5.82 Å². The molecule has 6 heteroatoms. The molecule has 1 aromatic carbocycles. The van der Waals surface area contributed by atoms with Gasteiger partial charge in [0, 0.05) is 23.7 Å². The van der Waals surface area contributed by atoms with Crippen LogP contribution in [0.3, 0.4) is 0 Å². The summed E-state index contributed by atoms with van der Waals surface area (Å²) in [4.78, 5) is 15.5. The van der Waals surface area contributed by atoms with Crippen molar-refractivity contribution in [1.29, 1.82) is 0 Å². The predicted octanol–water partition coefficient (Wildman–Crippen LogP) is 3.93. The molecule has 0 fully saturated rings. The largest absolute Gasteiger partial charge is 0.501 e. The summed E-state index contributed by atoms with van der Waals surface area (Å²) < 4.78 is 20.2. The summed E-state index contributed by atoms with van der Waals surface area (Å²) in [6.45, 7) is 2.88. The van der Waals surface area contributed by atoms with Gasteiger partial charge in [0.1, 0.15) is 5.82 Å². The van der Waals surface area contributed by atoms with Crippen molar-refractivity contribution in [3.05, 3.63) is 71.6 Å². The van der Waals surface area contributed by atoms with E-state index in [1.165, 1.54) is 18.4 Å². The molecule has 0 saturated heterocycles. The van der Waals surface area contributed by atoms with E-state index in [1.54, 1.807) is 24.4 Å². The third-order valence-electron chi connectivity index (χ3n) is 3.83. The van der Waals surface area contributed by atoms with E-state index in [4.69, 9.17) is 4.74 Å². The number of carboxylic acids is 1. The number of carboxylic acid groups (broad SMARTS) is 1. The minimum atomic E-state index is -1.09. The number of fused-ring (bicyclic) bond motifs is 1. The molecule has 2 heterocycles. The Morgan fingerprint density at radius 2 is 2.08 bits per heavy atom. The zero-order chi connectivity index (χ0) is 17.8. The average Bonchev–Trinajstić information content (AvgIpc) is 3.00. The molecule has 5 nitrogen and oxygen atoms in total. The highest BCUT2D eigenvalue weighted by Gasteiger charge is 2.15. The molecule has 3 rings (SSSR count). The van der Waals surface area contributed by atoms with Crippen molar-refractivity contribution < 1.29 is 19.0 Å². The second-order valence-corrected chi connectivity index (χ2v) is 5.45. The van der Waals surface area contributed by atoms with Crippen molar-refractivity contribution in [2.45, 2.75) is 13.5 Å². The third-order valence-corrected chi connectivity index (χ3v) is 3.83. The molecule has 0 atom stereocenters. The fourth-order valence-corrected chi connectivity index (χ4v) is 2.66. The molecular weight excluding hydrogens is 323 g/mol. The minimum absolute atomic E-state index is 0.0250. The summed E-state index contributed by atoms with van der Waals surface area (Å²) in [5.41, 5.74) is 2.21. The summed E-state index contributed by atoms with van der Waals surface area (Å²) in [5.74, 6) is -1.37. The van der Waals surface area contributed by atoms with Crippen LogP contribution in [0.1, 0.15) is 28.5 Å². The van der Waals surface area contributed by atoms with E-state index in [1.807, 2.05) is 23.8 Å². The molecule has 0 amide bonds. The first-order valence-electron chi connectivity index (χ1n) is 7.84. The molecule has 0 radical (unpaired) electrons. The number of ether oxygens (including phenoxy) is 1. The van der Waals surface area contributed by atoms with Crippen molar-refractivity contribution >= 4 is 22.9 Å². The number of pyridine rings is 1. The molecule has 0 aliphatic carbocycles. The van der Waals surface area contributed by atoms with Gasteiger partial charge < -0.3 is 14.4 Å². The highest BCUT2D eigenvalue weighted by atomic mass is 19.1. The Morgan fingerprint density at radius 3 is 2.76 bits per heavy atom. The van der Waals surface area contributed by atoms with Crippen molar-refractivity contribution in [2.24, 2.45) is 0 Å². The predicted molar refractivity (Wildman–Crippen MR) is 92.9 cm³/mol. The molecule has 0 aliphatic rings. The van der Waals surface area contributed by atoms with Gasteiger partial charge in [-0.1, -0.05) is 12.1 Å². The monoisotopic (exact) mass is 340 g/mol. The van der Waals surface area contributed by atoms with Gasteiger partial charge >= 0.3 is 5.97 Å². The number of aromatic nitrogens is 2. The van der Waals surface area contributed by atoms with Crippen LogP contribution in [0.15, 0.2) is 49.0 Å². The molecule has 25 heavy (non-hydrogen) atoms. The molecule has 0 unspecified atom stereocenters. The van der Waals surface area contributed by atoms with Crippen molar-refractivity contribution in [3.63, 3.8) is 0 Å². The van der Waals surface area contributed by atoms with Gasteiger partial charge in [-0.3, -0.25) is 0 Å². The molecule has 128 valence electrons. The van der Waals surface area contributed by atoms with Gasteiger partial charge in [0.15, 0.2) is 5.69 Å². The van der Waals surface area contributed by atoms with E-state index in [2.05, 4.69) is 4.98 Å². The zero-order valence-corrected chi connectivity index (χ0v) is 13.6. The van der Waals surface area contributed by atoms with Crippen molar-refractivity contribution in [3.8, 4) is 0 Å². The minimum Gasteiger partial charge on any atom is -0.501 e. The first-order valence-corrected chi connectivity index (χ1v) is 7.84. The number of hydrogen-bond donors (Lipinski definition) is 1. The van der Waals surface area contributed by atoms with Crippen LogP contribution in [0.4, 0.5) is 4.39 Å². The highest BCUT2D eigenvalue weighted by molar-refractivity contribution is 5.99. The van der Waals surface area contributed by atoms with E-state index >= 15 is 0 Å². The van der Waals surface area contributed by atoms with Crippen LogP contribution in [0.2, 0.25) is 0 Å². The van der Waals surface area contributed by atoms with Gasteiger partial charge in [-0.2, -0.15) is 0 Å². The maximum Gasteiger partial charge on any atom is 0.355 e. The quantitative estimate of drug-likeness (QED) is 0.691. The van der Waals surface area contributed by atoms with Gasteiger partial charge in [0.05, 0.1) is 24.6 Å². The number of benzene rings is 1. The van der Waals surface area contributed by atoms with Crippen molar-refractivity contribution in [1.82, 2.24) is 9.55 Å². The van der Waals surface area contributed by atoms with E-state index in [-0.39, 0.29) is 11.5 Å². The number of nitrogens with zero attached hydrogens (tertiary/aromatic N) is 2. The molecule has 2 aromatic heterocycles. The molecule has 0 bridgehead atoms. The van der Waals surface area contributed by atoms with Crippen LogP contribution in [-0.2, 0) is 11.3 Å². The normalized spacial score (nSPS) is 11.3. The van der Waals surface area contributed by atoms with E-state index in [0.717, 1.165) is 16.5 Å². The van der Waals surface area contributed by atoms with Crippen LogP contribution in [-0.4, -0.2) is 27.2 Å². The third kappa shape index (κ3) is 3.52. The van der Waals surface area contributed by atoms with Gasteiger partial charge in [-0.15, -0.1) is 0 Å². The van der Waals surface area contributed by atoms with Gasteiger partial charge in [0.2, 0.25) is 0 Å². The van der Waals surface area contributed by atoms with E-state index < -0.39 is 5.97 Å². The lowest BCUT2D eigenvalue weighted by molar-refractivity contribution is 0.0690. The summed E-state index contributed by atoms with van der Waals surface area (Å²) in [6.07, 6.45) is 6.49. The number of halogens is 1. The fraction of sp³-hybridized carbons (Fsp3) is 0.158. The van der Waals surface area contributed by atoms with Crippen LogP contribution in [0.5, 0.6) is 0 Å². The Balaban J connectivity index is 2.04. The maximum atomic E-state index is 13.0. The van der Waals surface area contributed by atoms with Crippen LogP contribution in [0.25, 0.3) is 17.0 Å². The Labute approximate surface area is 144 Å². The maximum absolute atomic E-state index is 13.0. The van der Waals surface area contributed by atoms with Gasteiger partial charge in [-0.25, -0.2) is 14.2 Å². The summed E-state index contributed by atoms with van der Waals surface area (Å²) in [5, 5.41) is 10.1. The Kier molecular flexibility index (Phi) is 4.79. The summed E-state index contributed by atoms with van der Waals surface area (Å²) >= 11 is 0. The second-order valence-electron chi connectivity index (χ2n) is 5.45. The Bertz CT molecular complexity index is 930. The lowest BCUT2D eigenvalue weighted by atomic mass is 10.1. The molecule has 1 N–H and O–H groups in total. The Hall–Kier alpha value is -3.15. The SMILES string of the molecule is CCO/C=C/c1c(C(=O)O)ncc2c1ccn2Cc1ccc(F)cc1. The highest BCUT2D eigenvalue weighted by Crippen LogP contribution is 2.24. The summed E-state index contributed by atoms with van der Waals surface area (Å²) in [7, 11) is 0. The second kappa shape index (κ2) is 7.17. The van der Waals surface area contributed by atoms with E-state index in [0.29, 0.717) is 18.7 Å². The first-order chi connectivity index (χ1) is 12.1. The smallest absolute Gasteiger partial charge is 0.355 e. The van der Waals surface area contributed by atoms with Crippen LogP contribution < -0.4 is 0 Å². The lowest BCUT2D eigenvalue weighted by Crippen LogP contribution is -2.05. The number of aromatic carboxylic acids is 1. The molecule has 0 aliphatic heterocycles. The van der Waals surface area contributed by atoms with Gasteiger partial charge in [0.25, 0.3) is 0 Å². The van der Waals surface area contributed by atoms with Crippen molar-refractivity contribution in [2.75, 3.05) is 6.61 Å². The Morgan fingerprint density at radius 1 is 1.32 bits per heavy atom. The number of rotatable bonds is 6. The molecular formula is C19H17FN2O3. The average molecular weight is 340 g/mol. The zero-order valence-electron chi connectivity index (χ0n) is 13.6. The summed E-state index contributed by atoms with van der Waals surface area (Å²) in [6, 6.07) is 8.11. The number of hydrogen-bond acceptors (Lipinski definition) is 3. The lowest BCUT2D eigenvalue weighted by Gasteiger charge is -2.08. The standard InChI is InChI=1S/C19H17FN2O3/c1-2-25-10-8-16-15-7-9-22(12-13-3-5-14(20)6-4-13)17(15)11-21-18(16)19(23)24/h3-11H,2,12H2,1H3,(H,23,24)/b10-8+. The molecule has 3 aromatic rings. The fourth-order valence-electron chi connectivity index (χ4n) is 2.66. The first kappa shape index (κ1) is 16.7.